The van der Waals surface area contributed by atoms with Gasteiger partial charge in [0.25, 0.3) is 5.91 Å². The van der Waals surface area contributed by atoms with Gasteiger partial charge in [0.1, 0.15) is 0 Å². The average molecular weight is 387 g/mol. The molecule has 1 N–H and O–H groups in total. The first-order valence-corrected chi connectivity index (χ1v) is 9.70. The molecule has 0 aliphatic carbocycles. The van der Waals surface area contributed by atoms with E-state index < -0.39 is 5.97 Å². The number of aromatic carboxylic acids is 1. The number of hydrogen-bond donors (Lipinski definition) is 1. The van der Waals surface area contributed by atoms with Gasteiger partial charge in [0, 0.05) is 11.3 Å². The molecular weight excluding hydrogens is 362 g/mol. The van der Waals surface area contributed by atoms with Crippen molar-refractivity contribution in [3.63, 3.8) is 0 Å². The van der Waals surface area contributed by atoms with Crippen molar-refractivity contribution in [2.75, 3.05) is 4.90 Å². The van der Waals surface area contributed by atoms with Crippen LogP contribution in [0.4, 0.5) is 5.69 Å². The van der Waals surface area contributed by atoms with E-state index in [9.17, 15) is 14.7 Å². The molecule has 4 nitrogen and oxygen atoms in total. The Balaban J connectivity index is 2.06. The molecular formula is C25H25NO3. The van der Waals surface area contributed by atoms with Gasteiger partial charge in [-0.25, -0.2) is 4.79 Å². The number of carbonyl (C=O) groups is 2. The zero-order valence-corrected chi connectivity index (χ0v) is 17.0. The van der Waals surface area contributed by atoms with Crippen molar-refractivity contribution in [1.82, 2.24) is 0 Å². The van der Waals surface area contributed by atoms with Crippen LogP contribution < -0.4 is 4.90 Å². The van der Waals surface area contributed by atoms with Gasteiger partial charge in [0.15, 0.2) is 0 Å². The van der Waals surface area contributed by atoms with Gasteiger partial charge in [-0.15, -0.1) is 0 Å². The van der Waals surface area contributed by atoms with Crippen molar-refractivity contribution in [2.24, 2.45) is 0 Å². The minimum Gasteiger partial charge on any atom is -0.478 e. The number of nitrogens with zero attached hydrogens (tertiary/aromatic N) is 1. The van der Waals surface area contributed by atoms with Crippen LogP contribution in [0.2, 0.25) is 0 Å². The Morgan fingerprint density at radius 3 is 2.31 bits per heavy atom. The Morgan fingerprint density at radius 1 is 0.862 bits per heavy atom. The average Bonchev–Trinajstić information content (AvgIpc) is 2.73. The third-order valence-corrected chi connectivity index (χ3v) is 5.18. The second-order valence-corrected chi connectivity index (χ2v) is 7.18. The first kappa shape index (κ1) is 20.3. The van der Waals surface area contributed by atoms with E-state index in [0.29, 0.717) is 12.1 Å². The van der Waals surface area contributed by atoms with E-state index in [1.54, 1.807) is 23.1 Å². The second-order valence-electron chi connectivity index (χ2n) is 7.18. The van der Waals surface area contributed by atoms with Crippen LogP contribution in [0.15, 0.2) is 66.7 Å². The van der Waals surface area contributed by atoms with Gasteiger partial charge in [0.2, 0.25) is 0 Å². The molecule has 0 radical (unpaired) electrons. The van der Waals surface area contributed by atoms with Crippen molar-refractivity contribution in [3.05, 3.63) is 100 Å². The number of para-hydroxylation sites is 1. The van der Waals surface area contributed by atoms with E-state index in [0.717, 1.165) is 34.4 Å². The molecule has 0 fully saturated rings. The molecule has 0 bridgehead atoms. The second kappa shape index (κ2) is 8.74. The Kier molecular flexibility index (Phi) is 6.13. The molecule has 4 heteroatoms. The number of carboxylic acid groups (broad SMARTS) is 1. The van der Waals surface area contributed by atoms with Crippen LogP contribution in [0.25, 0.3) is 0 Å². The smallest absolute Gasteiger partial charge is 0.335 e. The monoisotopic (exact) mass is 387 g/mol. The summed E-state index contributed by atoms with van der Waals surface area (Å²) >= 11 is 0. The lowest BCUT2D eigenvalue weighted by Gasteiger charge is -2.26. The van der Waals surface area contributed by atoms with E-state index in [-0.39, 0.29) is 11.5 Å². The number of carbonyl (C=O) groups excluding carboxylic acids is 1. The fourth-order valence-corrected chi connectivity index (χ4v) is 3.36. The lowest BCUT2D eigenvalue weighted by atomic mass is 10.0. The third kappa shape index (κ3) is 4.54. The highest BCUT2D eigenvalue weighted by Gasteiger charge is 2.21. The van der Waals surface area contributed by atoms with E-state index in [1.165, 1.54) is 0 Å². The quantitative estimate of drug-likeness (QED) is 0.615. The molecule has 1 amide bonds. The summed E-state index contributed by atoms with van der Waals surface area (Å²) in [6.07, 6.45) is 0.794. The molecule has 3 rings (SSSR count). The van der Waals surface area contributed by atoms with Gasteiger partial charge < -0.3 is 10.0 Å². The van der Waals surface area contributed by atoms with Crippen LogP contribution in [-0.4, -0.2) is 17.0 Å². The number of amides is 1. The first-order valence-electron chi connectivity index (χ1n) is 9.70. The van der Waals surface area contributed by atoms with E-state index >= 15 is 0 Å². The summed E-state index contributed by atoms with van der Waals surface area (Å²) in [7, 11) is 0. The highest BCUT2D eigenvalue weighted by atomic mass is 16.4. The molecule has 0 saturated heterocycles. The van der Waals surface area contributed by atoms with Crippen LogP contribution in [0.3, 0.4) is 0 Å². The molecule has 0 saturated carbocycles. The lowest BCUT2D eigenvalue weighted by Crippen LogP contribution is -2.31. The normalized spacial score (nSPS) is 10.6. The van der Waals surface area contributed by atoms with Crippen LogP contribution in [-0.2, 0) is 13.0 Å². The number of aryl methyl sites for hydroxylation is 3. The van der Waals surface area contributed by atoms with Gasteiger partial charge in [0.05, 0.1) is 12.1 Å². The number of rotatable bonds is 6. The molecule has 0 heterocycles. The zero-order valence-electron chi connectivity index (χ0n) is 17.0. The Labute approximate surface area is 171 Å². The van der Waals surface area contributed by atoms with Gasteiger partial charge in [-0.2, -0.15) is 0 Å². The lowest BCUT2D eigenvalue weighted by molar-refractivity contribution is 0.0696. The Hall–Kier alpha value is -3.40. The predicted octanol–water partition coefficient (Wildman–Crippen LogP) is 5.41. The van der Waals surface area contributed by atoms with Gasteiger partial charge in [-0.3, -0.25) is 4.79 Å². The van der Waals surface area contributed by atoms with E-state index in [4.69, 9.17) is 0 Å². The minimum atomic E-state index is -0.979. The van der Waals surface area contributed by atoms with Crippen LogP contribution >= 0.6 is 0 Å². The maximum atomic E-state index is 13.5. The molecule has 0 spiro atoms. The Morgan fingerprint density at radius 2 is 1.62 bits per heavy atom. The maximum absolute atomic E-state index is 13.5. The molecule has 0 unspecified atom stereocenters. The fourth-order valence-electron chi connectivity index (χ4n) is 3.36. The van der Waals surface area contributed by atoms with Gasteiger partial charge in [-0.1, -0.05) is 43.3 Å². The molecule has 0 aliphatic rings. The number of anilines is 1. The largest absolute Gasteiger partial charge is 0.478 e. The summed E-state index contributed by atoms with van der Waals surface area (Å²) < 4.78 is 0. The molecule has 3 aromatic carbocycles. The summed E-state index contributed by atoms with van der Waals surface area (Å²) in [5.74, 6) is -1.08. The summed E-state index contributed by atoms with van der Waals surface area (Å²) in [5.41, 5.74) is 5.72. The molecule has 0 aliphatic heterocycles. The van der Waals surface area contributed by atoms with Crippen molar-refractivity contribution >= 4 is 17.6 Å². The molecule has 0 atom stereocenters. The van der Waals surface area contributed by atoms with Crippen LogP contribution in [0.5, 0.6) is 0 Å². The van der Waals surface area contributed by atoms with Crippen molar-refractivity contribution in [3.8, 4) is 0 Å². The molecule has 148 valence electrons. The summed E-state index contributed by atoms with van der Waals surface area (Å²) in [6.45, 7) is 6.37. The highest BCUT2D eigenvalue weighted by molar-refractivity contribution is 6.06. The summed E-state index contributed by atoms with van der Waals surface area (Å²) in [5, 5.41) is 9.31. The number of carboxylic acids is 1. The summed E-state index contributed by atoms with van der Waals surface area (Å²) in [4.78, 5) is 26.6. The molecule has 29 heavy (non-hydrogen) atoms. The SMILES string of the molecule is CCc1ccccc1N(Cc1cccc(C(=O)O)c1)C(=O)c1ccc(C)c(C)c1. The van der Waals surface area contributed by atoms with Crippen LogP contribution in [0.1, 0.15) is 49.9 Å². The minimum absolute atomic E-state index is 0.102. The standard InChI is InChI=1S/C25H25NO3/c1-4-20-9-5-6-11-23(20)26(16-19-8-7-10-22(15-19)25(28)29)24(27)21-13-12-17(2)18(3)14-21/h5-15H,4,16H2,1-3H3,(H,28,29). The van der Waals surface area contributed by atoms with Crippen molar-refractivity contribution < 1.29 is 14.7 Å². The third-order valence-electron chi connectivity index (χ3n) is 5.18. The highest BCUT2D eigenvalue weighted by Crippen LogP contribution is 2.26. The Bertz CT molecular complexity index is 1060. The zero-order chi connectivity index (χ0) is 21.0. The van der Waals surface area contributed by atoms with Crippen LogP contribution in [0, 0.1) is 13.8 Å². The predicted molar refractivity (Wildman–Crippen MR) is 116 cm³/mol. The van der Waals surface area contributed by atoms with E-state index in [1.807, 2.05) is 62.4 Å². The number of benzene rings is 3. The first-order chi connectivity index (χ1) is 13.9. The topological polar surface area (TPSA) is 57.6 Å². The van der Waals surface area contributed by atoms with Gasteiger partial charge in [-0.05, 0) is 72.9 Å². The fraction of sp³-hybridized carbons (Fsp3) is 0.200. The van der Waals surface area contributed by atoms with Gasteiger partial charge >= 0.3 is 5.97 Å². The summed E-state index contributed by atoms with van der Waals surface area (Å²) in [6, 6.07) is 20.3. The molecule has 3 aromatic rings. The number of hydrogen-bond acceptors (Lipinski definition) is 2. The van der Waals surface area contributed by atoms with E-state index in [2.05, 4.69) is 6.92 Å². The molecule has 0 aromatic heterocycles. The maximum Gasteiger partial charge on any atom is 0.335 e. The van der Waals surface area contributed by atoms with Crippen molar-refractivity contribution in [1.29, 1.82) is 0 Å². The van der Waals surface area contributed by atoms with Crippen molar-refractivity contribution in [2.45, 2.75) is 33.7 Å².